The molecule has 1 rings (SSSR count). The van der Waals surface area contributed by atoms with Gasteiger partial charge in [-0.1, -0.05) is 12.1 Å². The SMILES string of the molecule is COCCCc1ccc(C#N)cc1. The van der Waals surface area contributed by atoms with Crippen LogP contribution in [0.1, 0.15) is 17.5 Å². The molecular formula is C11H13NO. The Balaban J connectivity index is 2.46. The highest BCUT2D eigenvalue weighted by molar-refractivity contribution is 5.31. The molecule has 0 aromatic heterocycles. The summed E-state index contributed by atoms with van der Waals surface area (Å²) >= 11 is 0. The molecule has 68 valence electrons. The van der Waals surface area contributed by atoms with E-state index in [4.69, 9.17) is 10.00 Å². The van der Waals surface area contributed by atoms with Crippen LogP contribution in [0.5, 0.6) is 0 Å². The maximum absolute atomic E-state index is 8.57. The third-order valence-corrected chi connectivity index (χ3v) is 1.90. The Morgan fingerprint density at radius 3 is 2.54 bits per heavy atom. The lowest BCUT2D eigenvalue weighted by Gasteiger charge is -2.00. The molecule has 0 heterocycles. The van der Waals surface area contributed by atoms with E-state index in [9.17, 15) is 0 Å². The van der Waals surface area contributed by atoms with Gasteiger partial charge in [-0.25, -0.2) is 0 Å². The van der Waals surface area contributed by atoms with E-state index >= 15 is 0 Å². The lowest BCUT2D eigenvalue weighted by molar-refractivity contribution is 0.195. The minimum absolute atomic E-state index is 0.718. The molecule has 2 nitrogen and oxygen atoms in total. The second kappa shape index (κ2) is 5.34. The zero-order valence-electron chi connectivity index (χ0n) is 7.79. The van der Waals surface area contributed by atoms with Gasteiger partial charge in [-0.3, -0.25) is 0 Å². The van der Waals surface area contributed by atoms with E-state index in [-0.39, 0.29) is 0 Å². The van der Waals surface area contributed by atoms with Gasteiger partial charge in [-0.05, 0) is 30.5 Å². The number of rotatable bonds is 4. The summed E-state index contributed by atoms with van der Waals surface area (Å²) in [5.74, 6) is 0. The third kappa shape index (κ3) is 3.27. The molecule has 0 N–H and O–H groups in total. The molecule has 0 fully saturated rings. The molecule has 0 bridgehead atoms. The molecule has 0 amide bonds. The van der Waals surface area contributed by atoms with Gasteiger partial charge in [0.2, 0.25) is 0 Å². The minimum Gasteiger partial charge on any atom is -0.385 e. The summed E-state index contributed by atoms with van der Waals surface area (Å²) < 4.78 is 4.96. The maximum atomic E-state index is 8.57. The van der Waals surface area contributed by atoms with Crippen LogP contribution in [0.15, 0.2) is 24.3 Å². The second-order valence-electron chi connectivity index (χ2n) is 2.91. The van der Waals surface area contributed by atoms with Crippen LogP contribution in [0.2, 0.25) is 0 Å². The van der Waals surface area contributed by atoms with Crippen molar-refractivity contribution in [1.29, 1.82) is 5.26 Å². The van der Waals surface area contributed by atoms with Crippen LogP contribution >= 0.6 is 0 Å². The summed E-state index contributed by atoms with van der Waals surface area (Å²) in [7, 11) is 1.71. The van der Waals surface area contributed by atoms with E-state index in [2.05, 4.69) is 6.07 Å². The van der Waals surface area contributed by atoms with Gasteiger partial charge in [-0.15, -0.1) is 0 Å². The first-order valence-electron chi connectivity index (χ1n) is 4.35. The molecule has 0 atom stereocenters. The molecule has 2 heteroatoms. The van der Waals surface area contributed by atoms with Crippen LogP contribution in [-0.4, -0.2) is 13.7 Å². The van der Waals surface area contributed by atoms with Crippen LogP contribution in [0, 0.1) is 11.3 Å². The summed E-state index contributed by atoms with van der Waals surface area (Å²) in [4.78, 5) is 0. The van der Waals surface area contributed by atoms with E-state index < -0.39 is 0 Å². The normalized spacial score (nSPS) is 9.54. The van der Waals surface area contributed by atoms with Crippen molar-refractivity contribution in [3.63, 3.8) is 0 Å². The van der Waals surface area contributed by atoms with Gasteiger partial charge in [0, 0.05) is 13.7 Å². The first kappa shape index (κ1) is 9.76. The molecule has 1 aromatic rings. The lowest BCUT2D eigenvalue weighted by Crippen LogP contribution is -1.92. The molecule has 0 spiro atoms. The number of hydrogen-bond donors (Lipinski definition) is 0. The summed E-state index contributed by atoms with van der Waals surface area (Å²) in [6.45, 7) is 0.792. The van der Waals surface area contributed by atoms with E-state index in [1.165, 1.54) is 5.56 Å². The van der Waals surface area contributed by atoms with Crippen molar-refractivity contribution in [3.05, 3.63) is 35.4 Å². The van der Waals surface area contributed by atoms with Crippen molar-refractivity contribution in [2.75, 3.05) is 13.7 Å². The topological polar surface area (TPSA) is 33.0 Å². The first-order valence-corrected chi connectivity index (χ1v) is 4.35. The highest BCUT2D eigenvalue weighted by atomic mass is 16.5. The molecule has 0 saturated carbocycles. The van der Waals surface area contributed by atoms with Crippen LogP contribution < -0.4 is 0 Å². The second-order valence-corrected chi connectivity index (χ2v) is 2.91. The zero-order valence-corrected chi connectivity index (χ0v) is 7.79. The average molecular weight is 175 g/mol. The fraction of sp³-hybridized carbons (Fsp3) is 0.364. The smallest absolute Gasteiger partial charge is 0.0991 e. The summed E-state index contributed by atoms with van der Waals surface area (Å²) in [6.07, 6.45) is 2.04. The van der Waals surface area contributed by atoms with Gasteiger partial charge in [0.1, 0.15) is 0 Å². The fourth-order valence-electron chi connectivity index (χ4n) is 1.17. The maximum Gasteiger partial charge on any atom is 0.0991 e. The molecule has 0 aliphatic rings. The van der Waals surface area contributed by atoms with Gasteiger partial charge in [0.15, 0.2) is 0 Å². The Bertz CT molecular complexity index is 284. The first-order chi connectivity index (χ1) is 6.36. The molecular weight excluding hydrogens is 162 g/mol. The predicted molar refractivity (Wildman–Crippen MR) is 51.4 cm³/mol. The van der Waals surface area contributed by atoms with Crippen LogP contribution in [0.25, 0.3) is 0 Å². The molecule has 13 heavy (non-hydrogen) atoms. The van der Waals surface area contributed by atoms with Crippen molar-refractivity contribution >= 4 is 0 Å². The predicted octanol–water partition coefficient (Wildman–Crippen LogP) is 2.14. The third-order valence-electron chi connectivity index (χ3n) is 1.90. The number of benzene rings is 1. The molecule has 0 unspecified atom stereocenters. The van der Waals surface area contributed by atoms with Crippen molar-refractivity contribution in [2.45, 2.75) is 12.8 Å². The van der Waals surface area contributed by atoms with Gasteiger partial charge in [0.05, 0.1) is 11.6 Å². The Hall–Kier alpha value is -1.33. The van der Waals surface area contributed by atoms with E-state index in [0.717, 1.165) is 25.0 Å². The van der Waals surface area contributed by atoms with Crippen LogP contribution in [-0.2, 0) is 11.2 Å². The van der Waals surface area contributed by atoms with Crippen molar-refractivity contribution in [3.8, 4) is 6.07 Å². The number of methoxy groups -OCH3 is 1. The summed E-state index contributed by atoms with van der Waals surface area (Å²) in [5, 5.41) is 8.57. The molecule has 0 aliphatic heterocycles. The Labute approximate surface area is 78.8 Å². The highest BCUT2D eigenvalue weighted by Gasteiger charge is 1.93. The zero-order chi connectivity index (χ0) is 9.52. The van der Waals surface area contributed by atoms with Crippen molar-refractivity contribution in [2.24, 2.45) is 0 Å². The van der Waals surface area contributed by atoms with Gasteiger partial charge in [-0.2, -0.15) is 5.26 Å². The van der Waals surface area contributed by atoms with Crippen molar-refractivity contribution < 1.29 is 4.74 Å². The van der Waals surface area contributed by atoms with Gasteiger partial charge < -0.3 is 4.74 Å². The van der Waals surface area contributed by atoms with Gasteiger partial charge >= 0.3 is 0 Å². The molecule has 0 aliphatic carbocycles. The Morgan fingerprint density at radius 1 is 1.31 bits per heavy atom. The minimum atomic E-state index is 0.718. The fourth-order valence-corrected chi connectivity index (χ4v) is 1.17. The number of nitrogens with zero attached hydrogens (tertiary/aromatic N) is 1. The Kier molecular flexibility index (Phi) is 4.01. The van der Waals surface area contributed by atoms with Gasteiger partial charge in [0.25, 0.3) is 0 Å². The standard InChI is InChI=1S/C11H13NO/c1-13-8-2-3-10-4-6-11(9-12)7-5-10/h4-7H,2-3,8H2,1H3. The monoisotopic (exact) mass is 175 g/mol. The number of aryl methyl sites for hydroxylation is 1. The van der Waals surface area contributed by atoms with E-state index in [1.54, 1.807) is 7.11 Å². The molecule has 1 aromatic carbocycles. The summed E-state index contributed by atoms with van der Waals surface area (Å²) in [5.41, 5.74) is 1.98. The Morgan fingerprint density at radius 2 is 2.00 bits per heavy atom. The van der Waals surface area contributed by atoms with Crippen LogP contribution in [0.3, 0.4) is 0 Å². The van der Waals surface area contributed by atoms with E-state index in [1.807, 2.05) is 24.3 Å². The quantitative estimate of drug-likeness (QED) is 0.657. The molecule has 0 radical (unpaired) electrons. The van der Waals surface area contributed by atoms with Crippen LogP contribution in [0.4, 0.5) is 0 Å². The number of nitriles is 1. The summed E-state index contributed by atoms with van der Waals surface area (Å²) in [6, 6.07) is 9.78. The number of ether oxygens (including phenoxy) is 1. The average Bonchev–Trinajstić information content (AvgIpc) is 2.19. The largest absolute Gasteiger partial charge is 0.385 e. The number of hydrogen-bond acceptors (Lipinski definition) is 2. The van der Waals surface area contributed by atoms with Crippen molar-refractivity contribution in [1.82, 2.24) is 0 Å². The highest BCUT2D eigenvalue weighted by Crippen LogP contribution is 2.05. The van der Waals surface area contributed by atoms with E-state index in [0.29, 0.717) is 0 Å². The molecule has 0 saturated heterocycles. The lowest BCUT2D eigenvalue weighted by atomic mass is 10.1.